The SMILES string of the molecule is N#Cc1ccc(C=CC(=O)c2cccc[n+]2[O-])cc1. The summed E-state index contributed by atoms with van der Waals surface area (Å²) in [5.41, 5.74) is 1.43. The first-order chi connectivity index (χ1) is 9.20. The average Bonchev–Trinajstić information content (AvgIpc) is 2.46. The largest absolute Gasteiger partial charge is 0.618 e. The number of benzene rings is 1. The molecule has 19 heavy (non-hydrogen) atoms. The van der Waals surface area contributed by atoms with Gasteiger partial charge in [0, 0.05) is 12.1 Å². The molecule has 1 aromatic carbocycles. The van der Waals surface area contributed by atoms with Crippen molar-refractivity contribution in [2.45, 2.75) is 0 Å². The highest BCUT2D eigenvalue weighted by Gasteiger charge is 2.10. The molecule has 0 aliphatic carbocycles. The summed E-state index contributed by atoms with van der Waals surface area (Å²) >= 11 is 0. The molecule has 0 spiro atoms. The second-order valence-corrected chi connectivity index (χ2v) is 3.84. The summed E-state index contributed by atoms with van der Waals surface area (Å²) in [6.45, 7) is 0. The van der Waals surface area contributed by atoms with Crippen molar-refractivity contribution in [1.29, 1.82) is 5.26 Å². The number of aromatic nitrogens is 1. The lowest BCUT2D eigenvalue weighted by atomic mass is 10.1. The molecule has 1 aromatic heterocycles. The van der Waals surface area contributed by atoms with Crippen molar-refractivity contribution in [2.75, 3.05) is 0 Å². The molecule has 0 aliphatic rings. The van der Waals surface area contributed by atoms with Crippen LogP contribution in [0.4, 0.5) is 0 Å². The van der Waals surface area contributed by atoms with Gasteiger partial charge < -0.3 is 5.21 Å². The fourth-order valence-corrected chi connectivity index (χ4v) is 1.55. The summed E-state index contributed by atoms with van der Waals surface area (Å²) < 4.78 is 0.533. The molecule has 0 atom stereocenters. The van der Waals surface area contributed by atoms with Gasteiger partial charge in [-0.1, -0.05) is 18.2 Å². The third-order valence-electron chi connectivity index (χ3n) is 2.54. The van der Waals surface area contributed by atoms with Gasteiger partial charge in [-0.05, 0) is 29.8 Å². The maximum atomic E-state index is 11.8. The molecular weight excluding hydrogens is 240 g/mol. The maximum absolute atomic E-state index is 11.8. The van der Waals surface area contributed by atoms with E-state index in [1.165, 1.54) is 18.3 Å². The standard InChI is InChI=1S/C15H10N2O2/c16-11-13-6-4-12(5-7-13)8-9-15(18)14-3-1-2-10-17(14)19/h1-10H. The zero-order valence-corrected chi connectivity index (χ0v) is 9.98. The Labute approximate surface area is 110 Å². The Morgan fingerprint density at radius 2 is 1.95 bits per heavy atom. The topological polar surface area (TPSA) is 67.8 Å². The normalized spacial score (nSPS) is 10.3. The smallest absolute Gasteiger partial charge is 0.264 e. The molecule has 4 heteroatoms. The predicted octanol–water partition coefficient (Wildman–Crippen LogP) is 2.09. The quantitative estimate of drug-likeness (QED) is 0.362. The van der Waals surface area contributed by atoms with Crippen molar-refractivity contribution in [3.8, 4) is 6.07 Å². The van der Waals surface area contributed by atoms with Crippen LogP contribution in [0.3, 0.4) is 0 Å². The first kappa shape index (κ1) is 12.5. The summed E-state index contributed by atoms with van der Waals surface area (Å²) in [6.07, 6.45) is 4.23. The summed E-state index contributed by atoms with van der Waals surface area (Å²) in [7, 11) is 0. The summed E-state index contributed by atoms with van der Waals surface area (Å²) in [5, 5.41) is 20.0. The number of pyridine rings is 1. The maximum Gasteiger partial charge on any atom is 0.264 e. The summed E-state index contributed by atoms with van der Waals surface area (Å²) in [4.78, 5) is 11.8. The Balaban J connectivity index is 2.16. The van der Waals surface area contributed by atoms with E-state index in [9.17, 15) is 10.0 Å². The summed E-state index contributed by atoms with van der Waals surface area (Å²) in [6, 6.07) is 13.5. The molecule has 0 saturated carbocycles. The van der Waals surface area contributed by atoms with E-state index >= 15 is 0 Å². The summed E-state index contributed by atoms with van der Waals surface area (Å²) in [5.74, 6) is -0.361. The number of nitriles is 1. The first-order valence-corrected chi connectivity index (χ1v) is 5.61. The van der Waals surface area contributed by atoms with E-state index < -0.39 is 0 Å². The Kier molecular flexibility index (Phi) is 3.70. The lowest BCUT2D eigenvalue weighted by Gasteiger charge is -1.99. The lowest BCUT2D eigenvalue weighted by molar-refractivity contribution is -0.607. The van der Waals surface area contributed by atoms with Gasteiger partial charge in [-0.3, -0.25) is 4.79 Å². The van der Waals surface area contributed by atoms with E-state index in [1.807, 2.05) is 6.07 Å². The van der Waals surface area contributed by atoms with Crippen LogP contribution in [0.15, 0.2) is 54.7 Å². The highest BCUT2D eigenvalue weighted by Crippen LogP contribution is 2.06. The van der Waals surface area contributed by atoms with Gasteiger partial charge in [-0.15, -0.1) is 0 Å². The Bertz CT molecular complexity index is 667. The molecule has 1 heterocycles. The number of ketones is 1. The number of hydrogen-bond acceptors (Lipinski definition) is 3. The molecule has 2 rings (SSSR count). The second-order valence-electron chi connectivity index (χ2n) is 3.84. The Hall–Kier alpha value is -2.93. The first-order valence-electron chi connectivity index (χ1n) is 5.61. The number of hydrogen-bond donors (Lipinski definition) is 0. The van der Waals surface area contributed by atoms with Crippen LogP contribution in [-0.4, -0.2) is 5.78 Å². The van der Waals surface area contributed by atoms with Crippen molar-refractivity contribution < 1.29 is 9.52 Å². The molecule has 0 unspecified atom stereocenters. The fourth-order valence-electron chi connectivity index (χ4n) is 1.55. The number of nitrogens with zero attached hydrogens (tertiary/aromatic N) is 2. The average molecular weight is 250 g/mol. The zero-order valence-electron chi connectivity index (χ0n) is 9.98. The van der Waals surface area contributed by atoms with Crippen molar-refractivity contribution in [3.63, 3.8) is 0 Å². The van der Waals surface area contributed by atoms with Crippen molar-refractivity contribution in [3.05, 3.63) is 76.8 Å². The number of carbonyl (C=O) groups is 1. The highest BCUT2D eigenvalue weighted by molar-refractivity contribution is 6.04. The van der Waals surface area contributed by atoms with Gasteiger partial charge in [0.2, 0.25) is 0 Å². The highest BCUT2D eigenvalue weighted by atomic mass is 16.5. The molecule has 4 nitrogen and oxygen atoms in total. The van der Waals surface area contributed by atoms with E-state index in [1.54, 1.807) is 42.5 Å². The number of rotatable bonds is 3. The van der Waals surface area contributed by atoms with Gasteiger partial charge in [-0.25, -0.2) is 0 Å². The number of allylic oxidation sites excluding steroid dienone is 1. The van der Waals surface area contributed by atoms with E-state index in [4.69, 9.17) is 5.26 Å². The van der Waals surface area contributed by atoms with Gasteiger partial charge in [0.15, 0.2) is 6.20 Å². The zero-order chi connectivity index (χ0) is 13.7. The molecule has 0 bridgehead atoms. The van der Waals surface area contributed by atoms with Gasteiger partial charge in [0.05, 0.1) is 11.6 Å². The van der Waals surface area contributed by atoms with Crippen molar-refractivity contribution in [2.24, 2.45) is 0 Å². The van der Waals surface area contributed by atoms with E-state index in [0.29, 0.717) is 10.3 Å². The van der Waals surface area contributed by atoms with E-state index in [2.05, 4.69) is 0 Å². The van der Waals surface area contributed by atoms with Crippen LogP contribution in [-0.2, 0) is 0 Å². The molecule has 0 N–H and O–H groups in total. The third-order valence-corrected chi connectivity index (χ3v) is 2.54. The molecule has 0 aliphatic heterocycles. The van der Waals surface area contributed by atoms with Crippen LogP contribution in [0.25, 0.3) is 6.08 Å². The monoisotopic (exact) mass is 250 g/mol. The second kappa shape index (κ2) is 5.61. The van der Waals surface area contributed by atoms with Gasteiger partial charge >= 0.3 is 0 Å². The number of carbonyl (C=O) groups excluding carboxylic acids is 1. The minimum absolute atomic E-state index is 0.0763. The third kappa shape index (κ3) is 3.05. The van der Waals surface area contributed by atoms with Gasteiger partial charge in [0.25, 0.3) is 11.5 Å². The molecule has 0 fully saturated rings. The molecule has 92 valence electrons. The van der Waals surface area contributed by atoms with Crippen LogP contribution < -0.4 is 4.73 Å². The molecular formula is C15H10N2O2. The van der Waals surface area contributed by atoms with Crippen LogP contribution in [0, 0.1) is 16.5 Å². The van der Waals surface area contributed by atoms with Crippen LogP contribution in [0.2, 0.25) is 0 Å². The molecule has 2 aromatic rings. The molecule has 0 amide bonds. The Morgan fingerprint density at radius 1 is 1.21 bits per heavy atom. The van der Waals surface area contributed by atoms with Crippen LogP contribution >= 0.6 is 0 Å². The Morgan fingerprint density at radius 3 is 2.58 bits per heavy atom. The minimum atomic E-state index is -0.361. The van der Waals surface area contributed by atoms with Crippen molar-refractivity contribution >= 4 is 11.9 Å². The minimum Gasteiger partial charge on any atom is -0.618 e. The van der Waals surface area contributed by atoms with Crippen molar-refractivity contribution in [1.82, 2.24) is 0 Å². The van der Waals surface area contributed by atoms with Gasteiger partial charge in [-0.2, -0.15) is 9.99 Å². The van der Waals surface area contributed by atoms with Crippen LogP contribution in [0.5, 0.6) is 0 Å². The van der Waals surface area contributed by atoms with E-state index in [-0.39, 0.29) is 11.5 Å². The molecule has 0 radical (unpaired) electrons. The van der Waals surface area contributed by atoms with Crippen LogP contribution in [0.1, 0.15) is 21.6 Å². The fraction of sp³-hybridized carbons (Fsp3) is 0. The molecule has 0 saturated heterocycles. The predicted molar refractivity (Wildman–Crippen MR) is 69.9 cm³/mol. The lowest BCUT2D eigenvalue weighted by Crippen LogP contribution is -2.33. The van der Waals surface area contributed by atoms with Gasteiger partial charge in [0.1, 0.15) is 0 Å². The van der Waals surface area contributed by atoms with E-state index in [0.717, 1.165) is 5.56 Å².